The summed E-state index contributed by atoms with van der Waals surface area (Å²) in [5.41, 5.74) is 0. The number of nitrogens with one attached hydrogen (secondary N) is 3. The predicted molar refractivity (Wildman–Crippen MR) is 44.8 cm³/mol. The molecule has 0 aromatic carbocycles. The first-order chi connectivity index (χ1) is 6.30. The van der Waals surface area contributed by atoms with E-state index in [0.717, 1.165) is 19.9 Å². The van der Waals surface area contributed by atoms with Gasteiger partial charge in [0.1, 0.15) is 0 Å². The smallest absolute Gasteiger partial charge is 0.309 e. The van der Waals surface area contributed by atoms with Crippen molar-refractivity contribution in [1.29, 1.82) is 0 Å². The molecule has 0 aromatic rings. The normalized spacial score (nSPS) is 21.2. The van der Waals surface area contributed by atoms with E-state index >= 15 is 0 Å². The van der Waals surface area contributed by atoms with Gasteiger partial charge in [0, 0.05) is 19.6 Å². The van der Waals surface area contributed by atoms with Crippen LogP contribution in [0.4, 0.5) is 0 Å². The molecule has 13 heavy (non-hydrogen) atoms. The Balaban J connectivity index is 0.000000145. The molecule has 6 heteroatoms. The van der Waals surface area contributed by atoms with Gasteiger partial charge in [-0.15, -0.1) is 0 Å². The summed E-state index contributed by atoms with van der Waals surface area (Å²) in [6.07, 6.45) is 0. The molecule has 2 heterocycles. The van der Waals surface area contributed by atoms with Crippen LogP contribution >= 0.6 is 0 Å². The summed E-state index contributed by atoms with van der Waals surface area (Å²) in [5.74, 6) is -1.06. The van der Waals surface area contributed by atoms with Crippen LogP contribution in [0.25, 0.3) is 0 Å². The standard InChI is InChI=1S/C4H6N2O2.C3H7NO/c7-3-4(8)6-2-1-5-3;1-2-5-3-4-1/h1-2H2,(H,5,7)(H,6,8);4H,1-3H2. The number of amides is 2. The largest absolute Gasteiger partial charge is 0.365 e. The first-order valence-corrected chi connectivity index (χ1v) is 4.15. The molecule has 2 aliphatic heterocycles. The minimum atomic E-state index is -0.531. The van der Waals surface area contributed by atoms with Gasteiger partial charge in [0.2, 0.25) is 0 Å². The third-order valence-corrected chi connectivity index (χ3v) is 1.53. The molecular weight excluding hydrogens is 174 g/mol. The fourth-order valence-corrected chi connectivity index (χ4v) is 0.873. The van der Waals surface area contributed by atoms with Gasteiger partial charge in [-0.1, -0.05) is 0 Å². The van der Waals surface area contributed by atoms with Gasteiger partial charge in [-0.2, -0.15) is 0 Å². The van der Waals surface area contributed by atoms with Crippen molar-refractivity contribution in [3.63, 3.8) is 0 Å². The topological polar surface area (TPSA) is 79.5 Å². The van der Waals surface area contributed by atoms with E-state index in [-0.39, 0.29) is 0 Å². The zero-order valence-electron chi connectivity index (χ0n) is 7.26. The van der Waals surface area contributed by atoms with Crippen molar-refractivity contribution in [2.75, 3.05) is 33.0 Å². The van der Waals surface area contributed by atoms with Gasteiger partial charge < -0.3 is 15.4 Å². The molecule has 2 saturated heterocycles. The Labute approximate surface area is 76.0 Å². The van der Waals surface area contributed by atoms with Gasteiger partial charge in [0.15, 0.2) is 0 Å². The lowest BCUT2D eigenvalue weighted by atomic mass is 10.4. The molecule has 0 aromatic heterocycles. The third kappa shape index (κ3) is 3.86. The van der Waals surface area contributed by atoms with Crippen molar-refractivity contribution in [3.8, 4) is 0 Å². The summed E-state index contributed by atoms with van der Waals surface area (Å²) in [6.45, 7) is 3.76. The monoisotopic (exact) mass is 187 g/mol. The molecule has 2 rings (SSSR count). The highest BCUT2D eigenvalue weighted by atomic mass is 16.5. The molecular formula is C7H13N3O3. The van der Waals surface area contributed by atoms with E-state index in [4.69, 9.17) is 4.74 Å². The molecule has 6 nitrogen and oxygen atoms in total. The average molecular weight is 187 g/mol. The summed E-state index contributed by atoms with van der Waals surface area (Å²) in [5, 5.41) is 7.76. The van der Waals surface area contributed by atoms with Gasteiger partial charge in [0.05, 0.1) is 13.3 Å². The van der Waals surface area contributed by atoms with Crippen LogP contribution in [-0.2, 0) is 14.3 Å². The van der Waals surface area contributed by atoms with Crippen molar-refractivity contribution in [1.82, 2.24) is 16.0 Å². The first kappa shape index (κ1) is 9.94. The van der Waals surface area contributed by atoms with Crippen molar-refractivity contribution >= 4 is 11.8 Å². The zero-order valence-corrected chi connectivity index (χ0v) is 7.26. The Morgan fingerprint density at radius 1 is 1.00 bits per heavy atom. The Morgan fingerprint density at radius 2 is 1.62 bits per heavy atom. The lowest BCUT2D eigenvalue weighted by Crippen LogP contribution is -2.49. The van der Waals surface area contributed by atoms with E-state index < -0.39 is 11.8 Å². The van der Waals surface area contributed by atoms with Gasteiger partial charge in [0.25, 0.3) is 0 Å². The molecule has 0 saturated carbocycles. The maximum atomic E-state index is 10.3. The molecule has 0 spiro atoms. The van der Waals surface area contributed by atoms with E-state index in [0.29, 0.717) is 13.1 Å². The lowest BCUT2D eigenvalue weighted by molar-refractivity contribution is -0.140. The van der Waals surface area contributed by atoms with Gasteiger partial charge >= 0.3 is 11.8 Å². The number of rotatable bonds is 0. The van der Waals surface area contributed by atoms with Gasteiger partial charge in [-0.3, -0.25) is 14.9 Å². The minimum Gasteiger partial charge on any atom is -0.365 e. The second-order valence-electron chi connectivity index (χ2n) is 2.56. The van der Waals surface area contributed by atoms with Crippen LogP contribution in [0, 0.1) is 0 Å². The third-order valence-electron chi connectivity index (χ3n) is 1.53. The number of piperazine rings is 1. The van der Waals surface area contributed by atoms with Gasteiger partial charge in [-0.05, 0) is 0 Å². The molecule has 2 amide bonds. The van der Waals surface area contributed by atoms with E-state index in [9.17, 15) is 9.59 Å². The zero-order chi connectivity index (χ0) is 9.52. The van der Waals surface area contributed by atoms with Crippen LogP contribution in [0.3, 0.4) is 0 Å². The fourth-order valence-electron chi connectivity index (χ4n) is 0.873. The van der Waals surface area contributed by atoms with E-state index in [1.165, 1.54) is 0 Å². The fraction of sp³-hybridized carbons (Fsp3) is 0.714. The van der Waals surface area contributed by atoms with Crippen LogP contribution in [0.15, 0.2) is 0 Å². The molecule has 0 aliphatic carbocycles. The molecule has 3 N–H and O–H groups in total. The highest BCUT2D eigenvalue weighted by Gasteiger charge is 2.15. The highest BCUT2D eigenvalue weighted by molar-refractivity contribution is 6.35. The number of hydrogen-bond donors (Lipinski definition) is 3. The van der Waals surface area contributed by atoms with Crippen molar-refractivity contribution in [3.05, 3.63) is 0 Å². The summed E-state index contributed by atoms with van der Waals surface area (Å²) in [6, 6.07) is 0. The molecule has 2 fully saturated rings. The summed E-state index contributed by atoms with van der Waals surface area (Å²) in [7, 11) is 0. The Hall–Kier alpha value is -1.14. The highest BCUT2D eigenvalue weighted by Crippen LogP contribution is 1.75. The Morgan fingerprint density at radius 3 is 1.85 bits per heavy atom. The van der Waals surface area contributed by atoms with Crippen molar-refractivity contribution < 1.29 is 14.3 Å². The molecule has 0 unspecified atom stereocenters. The maximum Gasteiger partial charge on any atom is 0.309 e. The quantitative estimate of drug-likeness (QED) is 0.376. The van der Waals surface area contributed by atoms with Gasteiger partial charge in [-0.25, -0.2) is 0 Å². The number of carbonyl (C=O) groups is 2. The van der Waals surface area contributed by atoms with Crippen LogP contribution in [0.2, 0.25) is 0 Å². The van der Waals surface area contributed by atoms with Crippen LogP contribution in [0.1, 0.15) is 0 Å². The first-order valence-electron chi connectivity index (χ1n) is 4.15. The van der Waals surface area contributed by atoms with Crippen LogP contribution in [0.5, 0.6) is 0 Å². The maximum absolute atomic E-state index is 10.3. The van der Waals surface area contributed by atoms with E-state index in [2.05, 4.69) is 16.0 Å². The van der Waals surface area contributed by atoms with Crippen molar-refractivity contribution in [2.24, 2.45) is 0 Å². The average Bonchev–Trinajstić information content (AvgIpc) is 2.68. The molecule has 0 bridgehead atoms. The number of ether oxygens (including phenoxy) is 1. The van der Waals surface area contributed by atoms with E-state index in [1.54, 1.807) is 0 Å². The summed E-state index contributed by atoms with van der Waals surface area (Å²) < 4.78 is 4.83. The molecule has 74 valence electrons. The predicted octanol–water partition coefficient (Wildman–Crippen LogP) is -2.20. The minimum absolute atomic E-state index is 0.531. The molecule has 0 radical (unpaired) electrons. The summed E-state index contributed by atoms with van der Waals surface area (Å²) in [4.78, 5) is 20.5. The number of hydrogen-bond acceptors (Lipinski definition) is 4. The lowest BCUT2D eigenvalue weighted by Gasteiger charge is -2.10. The van der Waals surface area contributed by atoms with Crippen molar-refractivity contribution in [2.45, 2.75) is 0 Å². The number of carbonyl (C=O) groups excluding carboxylic acids is 2. The Bertz CT molecular complexity index is 168. The van der Waals surface area contributed by atoms with Crippen LogP contribution < -0.4 is 16.0 Å². The summed E-state index contributed by atoms with van der Waals surface area (Å²) >= 11 is 0. The Kier molecular flexibility index (Phi) is 4.20. The van der Waals surface area contributed by atoms with Crippen LogP contribution in [-0.4, -0.2) is 44.8 Å². The second kappa shape index (κ2) is 5.50. The SMILES string of the molecule is C1COCN1.O=C1NCCNC1=O. The second-order valence-corrected chi connectivity index (χ2v) is 2.56. The molecule has 2 aliphatic rings. The van der Waals surface area contributed by atoms with E-state index in [1.807, 2.05) is 0 Å². The molecule has 0 atom stereocenters.